The smallest absolute Gasteiger partial charge is 0.193 e. The fraction of sp³-hybridized carbons (Fsp3) is 0.348. The number of carbonyl (C=O) groups is 1. The predicted molar refractivity (Wildman–Crippen MR) is 105 cm³/mol. The molecule has 2 aromatic carbocycles. The minimum Gasteiger partial charge on any atom is -0.491 e. The summed E-state index contributed by atoms with van der Waals surface area (Å²) in [6, 6.07) is 13.4. The third-order valence-corrected chi connectivity index (χ3v) is 5.90. The molecule has 0 radical (unpaired) electrons. The average Bonchev–Trinajstić information content (AvgIpc) is 3.10. The van der Waals surface area contributed by atoms with E-state index in [2.05, 4.69) is 19.9 Å². The molecule has 5 heteroatoms. The zero-order valence-corrected chi connectivity index (χ0v) is 16.0. The molecule has 0 fully saturated rings. The van der Waals surface area contributed by atoms with Crippen LogP contribution >= 0.6 is 0 Å². The normalized spacial score (nSPS) is 19.0. The molecule has 0 spiro atoms. The van der Waals surface area contributed by atoms with Crippen LogP contribution in [0.2, 0.25) is 0 Å². The molecule has 0 aliphatic heterocycles. The molecule has 4 rings (SSSR count). The maximum atomic E-state index is 13.3. The maximum Gasteiger partial charge on any atom is 0.193 e. The highest BCUT2D eigenvalue weighted by Gasteiger charge is 2.42. The van der Waals surface area contributed by atoms with Gasteiger partial charge in [-0.25, -0.2) is 0 Å². The summed E-state index contributed by atoms with van der Waals surface area (Å²) >= 11 is 0. The van der Waals surface area contributed by atoms with E-state index in [1.54, 1.807) is 12.1 Å². The van der Waals surface area contributed by atoms with Crippen molar-refractivity contribution in [2.24, 2.45) is 0 Å². The van der Waals surface area contributed by atoms with E-state index in [1.165, 1.54) is 5.56 Å². The van der Waals surface area contributed by atoms with E-state index in [0.29, 0.717) is 11.3 Å². The van der Waals surface area contributed by atoms with Crippen molar-refractivity contribution >= 4 is 11.4 Å². The number of aliphatic hydroxyl groups is 3. The molecule has 5 nitrogen and oxygen atoms in total. The summed E-state index contributed by atoms with van der Waals surface area (Å²) in [6.45, 7) is 3.56. The summed E-state index contributed by atoms with van der Waals surface area (Å²) in [5.74, 6) is 0.555. The second-order valence-corrected chi connectivity index (χ2v) is 7.98. The fourth-order valence-corrected chi connectivity index (χ4v) is 4.19. The van der Waals surface area contributed by atoms with Crippen LogP contribution in [0.15, 0.2) is 48.0 Å². The molecule has 0 bridgehead atoms. The van der Waals surface area contributed by atoms with Crippen molar-refractivity contribution in [3.8, 4) is 5.75 Å². The van der Waals surface area contributed by atoms with Gasteiger partial charge in [0.1, 0.15) is 24.6 Å². The van der Waals surface area contributed by atoms with E-state index in [-0.39, 0.29) is 17.8 Å². The molecule has 0 aromatic heterocycles. The van der Waals surface area contributed by atoms with E-state index >= 15 is 0 Å². The summed E-state index contributed by atoms with van der Waals surface area (Å²) in [5.41, 5.74) is 5.40. The van der Waals surface area contributed by atoms with E-state index in [0.717, 1.165) is 28.7 Å². The number of fused-ring (bicyclic) bond motifs is 3. The third kappa shape index (κ3) is 2.87. The van der Waals surface area contributed by atoms with E-state index in [9.17, 15) is 15.0 Å². The molecule has 0 heterocycles. The van der Waals surface area contributed by atoms with Crippen molar-refractivity contribution in [3.05, 3.63) is 70.3 Å². The molecule has 0 saturated heterocycles. The molecule has 2 atom stereocenters. The number of hydrogen-bond acceptors (Lipinski definition) is 5. The van der Waals surface area contributed by atoms with Gasteiger partial charge < -0.3 is 20.1 Å². The number of ether oxygens (including phenoxy) is 1. The Kier molecular flexibility index (Phi) is 4.62. The Morgan fingerprint density at radius 2 is 1.82 bits per heavy atom. The van der Waals surface area contributed by atoms with Gasteiger partial charge in [0.25, 0.3) is 0 Å². The van der Waals surface area contributed by atoms with Gasteiger partial charge in [0.2, 0.25) is 0 Å². The number of carbonyl (C=O) groups excluding carboxylic acids is 1. The highest BCUT2D eigenvalue weighted by Crippen LogP contribution is 2.50. The number of aliphatic hydroxyl groups excluding tert-OH is 3. The Balaban J connectivity index is 1.68. The lowest BCUT2D eigenvalue weighted by Gasteiger charge is -2.34. The van der Waals surface area contributed by atoms with Crippen molar-refractivity contribution in [1.82, 2.24) is 0 Å². The lowest BCUT2D eigenvalue weighted by molar-refractivity contribution is -0.0339. The van der Waals surface area contributed by atoms with Crippen LogP contribution in [0.4, 0.5) is 0 Å². The lowest BCUT2D eigenvalue weighted by Crippen LogP contribution is -2.34. The molecule has 2 aliphatic rings. The molecule has 28 heavy (non-hydrogen) atoms. The summed E-state index contributed by atoms with van der Waals surface area (Å²) < 4.78 is 5.61. The number of benzene rings is 2. The van der Waals surface area contributed by atoms with Crippen molar-refractivity contribution in [2.75, 3.05) is 13.2 Å². The van der Waals surface area contributed by atoms with Gasteiger partial charge in [-0.1, -0.05) is 38.1 Å². The van der Waals surface area contributed by atoms with E-state index in [1.807, 2.05) is 24.3 Å². The Labute approximate surface area is 163 Å². The van der Waals surface area contributed by atoms with Gasteiger partial charge in [0.05, 0.1) is 6.61 Å². The molecular formula is C23H24O5. The second-order valence-electron chi connectivity index (χ2n) is 7.98. The standard InChI is InChI=1S/C23H24O5/c1-23(2)17-10-14(28-12-20(26)19(25)11-24)7-8-16(17)22(27)21-15-6-4-3-5-13(15)9-18(21)23/h3-8,10,19-20,24-26H,9,11-12H2,1-2H3/t19-,20-/m1/s1. The highest BCUT2D eigenvalue weighted by molar-refractivity contribution is 6.32. The summed E-state index contributed by atoms with van der Waals surface area (Å²) in [5, 5.41) is 28.2. The molecule has 0 amide bonds. The minimum absolute atomic E-state index is 0.0385. The summed E-state index contributed by atoms with van der Waals surface area (Å²) in [4.78, 5) is 13.3. The Hall–Kier alpha value is -2.47. The van der Waals surface area contributed by atoms with Gasteiger partial charge in [0.15, 0.2) is 5.78 Å². The first-order chi connectivity index (χ1) is 13.3. The number of rotatable bonds is 5. The van der Waals surface area contributed by atoms with Crippen LogP contribution in [0.1, 0.15) is 40.9 Å². The number of allylic oxidation sites excluding steroid dienone is 2. The summed E-state index contributed by atoms with van der Waals surface area (Å²) in [6.07, 6.45) is -1.68. The molecular weight excluding hydrogens is 356 g/mol. The Bertz CT molecular complexity index is 973. The second kappa shape index (κ2) is 6.85. The van der Waals surface area contributed by atoms with E-state index in [4.69, 9.17) is 9.84 Å². The van der Waals surface area contributed by atoms with Crippen LogP contribution < -0.4 is 4.74 Å². The van der Waals surface area contributed by atoms with Crippen molar-refractivity contribution in [1.29, 1.82) is 0 Å². The predicted octanol–water partition coefficient (Wildman–Crippen LogP) is 2.26. The minimum atomic E-state index is -1.25. The first-order valence-corrected chi connectivity index (χ1v) is 9.45. The molecule has 2 aliphatic carbocycles. The third-order valence-electron chi connectivity index (χ3n) is 5.90. The molecule has 0 saturated carbocycles. The van der Waals surface area contributed by atoms with Gasteiger partial charge in [-0.15, -0.1) is 0 Å². The monoisotopic (exact) mass is 380 g/mol. The molecule has 146 valence electrons. The average molecular weight is 380 g/mol. The Morgan fingerprint density at radius 1 is 1.07 bits per heavy atom. The van der Waals surface area contributed by atoms with Crippen LogP contribution in [0.25, 0.3) is 5.57 Å². The zero-order valence-electron chi connectivity index (χ0n) is 16.0. The van der Waals surface area contributed by atoms with Gasteiger partial charge in [-0.2, -0.15) is 0 Å². The summed E-state index contributed by atoms with van der Waals surface area (Å²) in [7, 11) is 0. The number of Topliss-reactive ketones (excluding diaryl/α,β-unsaturated/α-hetero) is 1. The first-order valence-electron chi connectivity index (χ1n) is 9.45. The van der Waals surface area contributed by atoms with Crippen LogP contribution in [0.3, 0.4) is 0 Å². The van der Waals surface area contributed by atoms with Crippen molar-refractivity contribution in [2.45, 2.75) is 37.9 Å². The molecule has 2 aromatic rings. The molecule has 0 unspecified atom stereocenters. The van der Waals surface area contributed by atoms with Crippen LogP contribution in [0.5, 0.6) is 5.75 Å². The Morgan fingerprint density at radius 3 is 2.57 bits per heavy atom. The van der Waals surface area contributed by atoms with E-state index < -0.39 is 18.8 Å². The SMILES string of the molecule is CC1(C)C2=C(C(=O)c3ccc(OC[C@@H](O)[C@H](O)CO)cc31)c1ccccc1C2. The quantitative estimate of drug-likeness (QED) is 0.741. The molecule has 3 N–H and O–H groups in total. The zero-order chi connectivity index (χ0) is 20.1. The van der Waals surface area contributed by atoms with Crippen LogP contribution in [-0.4, -0.2) is 46.5 Å². The van der Waals surface area contributed by atoms with Gasteiger partial charge >= 0.3 is 0 Å². The lowest BCUT2D eigenvalue weighted by atomic mass is 9.68. The van der Waals surface area contributed by atoms with Gasteiger partial charge in [0, 0.05) is 16.6 Å². The number of hydrogen-bond donors (Lipinski definition) is 3. The van der Waals surface area contributed by atoms with Gasteiger partial charge in [-0.3, -0.25) is 4.79 Å². The highest BCUT2D eigenvalue weighted by atomic mass is 16.5. The van der Waals surface area contributed by atoms with Crippen molar-refractivity contribution < 1.29 is 24.9 Å². The van der Waals surface area contributed by atoms with Crippen LogP contribution in [0, 0.1) is 0 Å². The maximum absolute atomic E-state index is 13.3. The van der Waals surface area contributed by atoms with Crippen LogP contribution in [-0.2, 0) is 11.8 Å². The largest absolute Gasteiger partial charge is 0.491 e. The number of ketones is 1. The van der Waals surface area contributed by atoms with Crippen molar-refractivity contribution in [3.63, 3.8) is 0 Å². The van der Waals surface area contributed by atoms with Gasteiger partial charge in [-0.05, 0) is 46.9 Å². The topological polar surface area (TPSA) is 87.0 Å². The first kappa shape index (κ1) is 18.9. The fourth-order valence-electron chi connectivity index (χ4n) is 4.19.